The number of thiophene rings is 1. The van der Waals surface area contributed by atoms with Gasteiger partial charge in [0.1, 0.15) is 6.04 Å². The molecular formula is C26H28N2O2S. The van der Waals surface area contributed by atoms with Crippen molar-refractivity contribution in [1.29, 1.82) is 0 Å². The molecule has 1 aliphatic carbocycles. The van der Waals surface area contributed by atoms with Gasteiger partial charge in [-0.3, -0.25) is 9.59 Å². The first kappa shape index (κ1) is 20.3. The molecule has 3 aromatic rings. The van der Waals surface area contributed by atoms with Crippen molar-refractivity contribution in [2.24, 2.45) is 0 Å². The van der Waals surface area contributed by atoms with E-state index in [9.17, 15) is 9.59 Å². The Labute approximate surface area is 187 Å². The number of fused-ring (bicyclic) bond motifs is 3. The average Bonchev–Trinajstić information content (AvgIpc) is 3.16. The smallest absolute Gasteiger partial charge is 0.254 e. The fourth-order valence-electron chi connectivity index (χ4n) is 4.92. The lowest BCUT2D eigenvalue weighted by Gasteiger charge is -2.36. The quantitative estimate of drug-likeness (QED) is 0.616. The van der Waals surface area contributed by atoms with Crippen molar-refractivity contribution in [3.63, 3.8) is 0 Å². The molecule has 1 N–H and O–H groups in total. The number of nitrogens with zero attached hydrogens (tertiary/aromatic N) is 1. The van der Waals surface area contributed by atoms with E-state index in [1.807, 2.05) is 37.3 Å². The second-order valence-corrected chi connectivity index (χ2v) is 10.00. The molecule has 0 spiro atoms. The molecule has 0 unspecified atom stereocenters. The Bertz CT molecular complexity index is 1110. The third-order valence-electron chi connectivity index (χ3n) is 6.68. The minimum atomic E-state index is -0.471. The summed E-state index contributed by atoms with van der Waals surface area (Å²) in [5, 5.41) is 4.50. The predicted octanol–water partition coefficient (Wildman–Crippen LogP) is 5.23. The van der Waals surface area contributed by atoms with Crippen molar-refractivity contribution in [1.82, 2.24) is 10.2 Å². The van der Waals surface area contributed by atoms with Gasteiger partial charge >= 0.3 is 0 Å². The molecule has 2 aromatic carbocycles. The lowest BCUT2D eigenvalue weighted by molar-refractivity contribution is -0.127. The summed E-state index contributed by atoms with van der Waals surface area (Å²) in [6.07, 6.45) is 6.24. The second-order valence-electron chi connectivity index (χ2n) is 8.86. The topological polar surface area (TPSA) is 49.4 Å². The molecule has 1 saturated carbocycles. The Kier molecular flexibility index (Phi) is 5.53. The molecule has 2 heterocycles. The van der Waals surface area contributed by atoms with E-state index in [4.69, 9.17) is 0 Å². The van der Waals surface area contributed by atoms with Crippen molar-refractivity contribution < 1.29 is 9.59 Å². The van der Waals surface area contributed by atoms with Gasteiger partial charge in [-0.05, 0) is 48.9 Å². The van der Waals surface area contributed by atoms with E-state index in [1.54, 1.807) is 16.2 Å². The fraction of sp³-hybridized carbons (Fsp3) is 0.385. The monoisotopic (exact) mass is 432 g/mol. The highest BCUT2D eigenvalue weighted by Crippen LogP contribution is 2.37. The third-order valence-corrected chi connectivity index (χ3v) is 7.88. The molecular weight excluding hydrogens is 404 g/mol. The maximum atomic E-state index is 13.5. The van der Waals surface area contributed by atoms with Crippen LogP contribution < -0.4 is 5.32 Å². The lowest BCUT2D eigenvalue weighted by Crippen LogP contribution is -2.54. The van der Waals surface area contributed by atoms with Crippen molar-refractivity contribution in [3.05, 3.63) is 70.1 Å². The minimum absolute atomic E-state index is 0.00621. The number of carbonyl (C=O) groups is 2. The maximum Gasteiger partial charge on any atom is 0.254 e. The van der Waals surface area contributed by atoms with Gasteiger partial charge in [-0.15, -0.1) is 11.3 Å². The van der Waals surface area contributed by atoms with E-state index >= 15 is 0 Å². The maximum absolute atomic E-state index is 13.5. The standard InChI is InChI=1S/C26H28N2O2S/c1-17-11-13-18(14-12-17)26(30)28-16-24-21(20-9-5-6-10-23(20)31-24)15-22(28)25(29)27-19-7-3-2-4-8-19/h5-6,9-14,19,22H,2-4,7-8,15-16H2,1H3,(H,27,29)/t22-/m1/s1. The van der Waals surface area contributed by atoms with Crippen molar-refractivity contribution in [2.45, 2.75) is 64.1 Å². The molecule has 0 saturated heterocycles. The van der Waals surface area contributed by atoms with Gasteiger partial charge in [-0.25, -0.2) is 0 Å². The van der Waals surface area contributed by atoms with Gasteiger partial charge in [0.2, 0.25) is 5.91 Å². The van der Waals surface area contributed by atoms with Gasteiger partial charge in [0.25, 0.3) is 5.91 Å². The highest BCUT2D eigenvalue weighted by molar-refractivity contribution is 7.19. The molecule has 1 aromatic heterocycles. The first-order valence-corrected chi connectivity index (χ1v) is 12.1. The van der Waals surface area contributed by atoms with E-state index in [-0.39, 0.29) is 17.9 Å². The van der Waals surface area contributed by atoms with Crippen molar-refractivity contribution in [3.8, 4) is 0 Å². The van der Waals surface area contributed by atoms with Gasteiger partial charge in [0, 0.05) is 27.6 Å². The summed E-state index contributed by atoms with van der Waals surface area (Å²) in [5.74, 6) is -0.0693. The number of hydrogen-bond acceptors (Lipinski definition) is 3. The van der Waals surface area contributed by atoms with Crippen LogP contribution in [0.5, 0.6) is 0 Å². The van der Waals surface area contributed by atoms with Crippen molar-refractivity contribution >= 4 is 33.2 Å². The number of hydrogen-bond donors (Lipinski definition) is 1. The predicted molar refractivity (Wildman–Crippen MR) is 125 cm³/mol. The third kappa shape index (κ3) is 3.99. The lowest BCUT2D eigenvalue weighted by atomic mass is 9.93. The number of aryl methyl sites for hydroxylation is 1. The second kappa shape index (κ2) is 8.46. The van der Waals surface area contributed by atoms with Crippen LogP contribution in [-0.4, -0.2) is 28.8 Å². The van der Waals surface area contributed by atoms with Gasteiger partial charge in [-0.1, -0.05) is 55.2 Å². The molecule has 160 valence electrons. The molecule has 1 fully saturated rings. The zero-order chi connectivity index (χ0) is 21.4. The van der Waals surface area contributed by atoms with Gasteiger partial charge in [-0.2, -0.15) is 0 Å². The number of nitrogens with one attached hydrogen (secondary N) is 1. The van der Waals surface area contributed by atoms with Crippen LogP contribution in [0.1, 0.15) is 58.5 Å². The van der Waals surface area contributed by atoms with E-state index in [1.165, 1.54) is 39.8 Å². The fourth-order valence-corrected chi connectivity index (χ4v) is 6.16. The molecule has 4 nitrogen and oxygen atoms in total. The molecule has 5 heteroatoms. The van der Waals surface area contributed by atoms with Crippen LogP contribution in [0.4, 0.5) is 0 Å². The SMILES string of the molecule is Cc1ccc(C(=O)N2Cc3sc4ccccc4c3C[C@@H]2C(=O)NC2CCCCC2)cc1. The highest BCUT2D eigenvalue weighted by atomic mass is 32.1. The number of rotatable bonds is 3. The zero-order valence-corrected chi connectivity index (χ0v) is 18.7. The summed E-state index contributed by atoms with van der Waals surface area (Å²) in [7, 11) is 0. The molecule has 2 aliphatic rings. The Morgan fingerprint density at radius 2 is 1.74 bits per heavy atom. The minimum Gasteiger partial charge on any atom is -0.352 e. The molecule has 1 aliphatic heterocycles. The van der Waals surface area contributed by atoms with Gasteiger partial charge in [0.05, 0.1) is 6.54 Å². The van der Waals surface area contributed by atoms with Crippen LogP contribution in [0.15, 0.2) is 48.5 Å². The van der Waals surface area contributed by atoms with Crippen LogP contribution in [-0.2, 0) is 17.8 Å². The molecule has 31 heavy (non-hydrogen) atoms. The normalized spacial score (nSPS) is 19.3. The number of benzene rings is 2. The largest absolute Gasteiger partial charge is 0.352 e. The van der Waals surface area contributed by atoms with Crippen LogP contribution in [0.2, 0.25) is 0 Å². The summed E-state index contributed by atoms with van der Waals surface area (Å²) < 4.78 is 1.23. The summed E-state index contributed by atoms with van der Waals surface area (Å²) >= 11 is 1.74. The van der Waals surface area contributed by atoms with E-state index in [0.717, 1.165) is 18.4 Å². The van der Waals surface area contributed by atoms with E-state index in [0.29, 0.717) is 18.5 Å². The van der Waals surface area contributed by atoms with Gasteiger partial charge < -0.3 is 10.2 Å². The van der Waals surface area contributed by atoms with Crippen LogP contribution in [0, 0.1) is 6.92 Å². The highest BCUT2D eigenvalue weighted by Gasteiger charge is 2.37. The summed E-state index contributed by atoms with van der Waals surface area (Å²) in [5.41, 5.74) is 3.00. The summed E-state index contributed by atoms with van der Waals surface area (Å²) in [6.45, 7) is 2.50. The van der Waals surface area contributed by atoms with Crippen LogP contribution in [0.3, 0.4) is 0 Å². The first-order chi connectivity index (χ1) is 15.1. The number of carbonyl (C=O) groups excluding carboxylic acids is 2. The van der Waals surface area contributed by atoms with E-state index in [2.05, 4.69) is 23.5 Å². The number of amides is 2. The average molecular weight is 433 g/mol. The Morgan fingerprint density at radius 1 is 1.00 bits per heavy atom. The molecule has 2 amide bonds. The first-order valence-electron chi connectivity index (χ1n) is 11.3. The Balaban J connectivity index is 1.48. The zero-order valence-electron chi connectivity index (χ0n) is 17.9. The van der Waals surface area contributed by atoms with E-state index < -0.39 is 6.04 Å². The Hall–Kier alpha value is -2.66. The molecule has 0 radical (unpaired) electrons. The summed E-state index contributed by atoms with van der Waals surface area (Å²) in [6, 6.07) is 15.8. The molecule has 5 rings (SSSR count). The van der Waals surface area contributed by atoms with Gasteiger partial charge in [0.15, 0.2) is 0 Å². The molecule has 1 atom stereocenters. The molecule has 0 bridgehead atoms. The van der Waals surface area contributed by atoms with Crippen molar-refractivity contribution in [2.75, 3.05) is 0 Å². The van der Waals surface area contributed by atoms with Crippen LogP contribution >= 0.6 is 11.3 Å². The Morgan fingerprint density at radius 3 is 2.52 bits per heavy atom. The summed E-state index contributed by atoms with van der Waals surface area (Å²) in [4.78, 5) is 29.9. The van der Waals surface area contributed by atoms with Crippen LogP contribution in [0.25, 0.3) is 10.1 Å².